The van der Waals surface area contributed by atoms with E-state index >= 15 is 0 Å². The Bertz CT molecular complexity index is 724. The van der Waals surface area contributed by atoms with Crippen LogP contribution in [0.15, 0.2) is 60.7 Å². The molecule has 0 heterocycles. The minimum absolute atomic E-state index is 0.122. The number of hydrogen-bond acceptors (Lipinski definition) is 5. The first kappa shape index (κ1) is 20.3. The summed E-state index contributed by atoms with van der Waals surface area (Å²) in [6.45, 7) is 1.28. The van der Waals surface area contributed by atoms with Crippen LogP contribution in [0.25, 0.3) is 0 Å². The Labute approximate surface area is 157 Å². The van der Waals surface area contributed by atoms with Crippen LogP contribution in [-0.2, 0) is 27.2 Å². The number of nitrogens with one attached hydrogen (secondary N) is 1. The molecule has 27 heavy (non-hydrogen) atoms. The first-order valence-electron chi connectivity index (χ1n) is 8.48. The zero-order valence-electron chi connectivity index (χ0n) is 14.9. The van der Waals surface area contributed by atoms with Crippen LogP contribution < -0.4 is 5.48 Å². The molecule has 0 aliphatic heterocycles. The number of hydrogen-bond donors (Lipinski definition) is 3. The standard InChI is InChI=1S/C20H22N2O5/c1-14(23)19(20(26)21-27)22(17(24)12-15-8-4-2-5-9-15)18(25)13-16-10-6-3-7-11-16/h2-11,14,19,23,27H,12-13H2,1H3,(H,21,26)/t14-,19+/m1/s1. The fourth-order valence-corrected chi connectivity index (χ4v) is 2.78. The molecule has 0 aliphatic rings. The Morgan fingerprint density at radius 2 is 1.30 bits per heavy atom. The maximum Gasteiger partial charge on any atom is 0.269 e. The summed E-state index contributed by atoms with van der Waals surface area (Å²) in [6, 6.07) is 16.0. The first-order chi connectivity index (χ1) is 12.9. The zero-order valence-corrected chi connectivity index (χ0v) is 14.9. The van der Waals surface area contributed by atoms with Gasteiger partial charge in [-0.25, -0.2) is 5.48 Å². The number of aliphatic hydroxyl groups is 1. The molecular weight excluding hydrogens is 348 g/mol. The topological polar surface area (TPSA) is 107 Å². The quantitative estimate of drug-likeness (QED) is 0.499. The summed E-state index contributed by atoms with van der Waals surface area (Å²) in [5, 5.41) is 19.0. The molecule has 0 radical (unpaired) electrons. The van der Waals surface area contributed by atoms with Gasteiger partial charge in [-0.15, -0.1) is 0 Å². The molecule has 2 atom stereocenters. The predicted octanol–water partition coefficient (Wildman–Crippen LogP) is 1.08. The summed E-state index contributed by atoms with van der Waals surface area (Å²) in [4.78, 5) is 38.5. The van der Waals surface area contributed by atoms with Crippen molar-refractivity contribution in [1.29, 1.82) is 0 Å². The number of carbonyl (C=O) groups excluding carboxylic acids is 3. The van der Waals surface area contributed by atoms with Gasteiger partial charge in [-0.1, -0.05) is 60.7 Å². The highest BCUT2D eigenvalue weighted by Gasteiger charge is 2.37. The lowest BCUT2D eigenvalue weighted by Crippen LogP contribution is -2.57. The molecule has 7 heteroatoms. The van der Waals surface area contributed by atoms with Crippen LogP contribution in [0.3, 0.4) is 0 Å². The van der Waals surface area contributed by atoms with E-state index < -0.39 is 29.9 Å². The number of hydroxylamine groups is 1. The molecule has 3 amide bonds. The summed E-state index contributed by atoms with van der Waals surface area (Å²) in [5.41, 5.74) is 2.74. The van der Waals surface area contributed by atoms with E-state index in [-0.39, 0.29) is 12.8 Å². The van der Waals surface area contributed by atoms with Crippen LogP contribution in [0.5, 0.6) is 0 Å². The summed E-state index contributed by atoms with van der Waals surface area (Å²) in [5.74, 6) is -2.32. The number of benzene rings is 2. The van der Waals surface area contributed by atoms with E-state index in [2.05, 4.69) is 0 Å². The van der Waals surface area contributed by atoms with Gasteiger partial charge in [0.1, 0.15) is 6.04 Å². The highest BCUT2D eigenvalue weighted by molar-refractivity contribution is 6.01. The molecule has 3 N–H and O–H groups in total. The van der Waals surface area contributed by atoms with Gasteiger partial charge in [0.05, 0.1) is 18.9 Å². The normalized spacial score (nSPS) is 12.7. The van der Waals surface area contributed by atoms with Crippen molar-refractivity contribution in [2.24, 2.45) is 0 Å². The van der Waals surface area contributed by atoms with Crippen molar-refractivity contribution in [2.45, 2.75) is 31.9 Å². The Kier molecular flexibility index (Phi) is 7.22. The highest BCUT2D eigenvalue weighted by atomic mass is 16.5. The lowest BCUT2D eigenvalue weighted by Gasteiger charge is -2.30. The maximum atomic E-state index is 12.8. The molecule has 0 aromatic heterocycles. The molecule has 2 rings (SSSR count). The van der Waals surface area contributed by atoms with E-state index in [1.807, 2.05) is 0 Å². The second kappa shape index (κ2) is 9.61. The molecule has 2 aromatic rings. The van der Waals surface area contributed by atoms with E-state index in [9.17, 15) is 19.5 Å². The molecule has 0 saturated heterocycles. The molecule has 2 aromatic carbocycles. The lowest BCUT2D eigenvalue weighted by atomic mass is 10.0. The average Bonchev–Trinajstić information content (AvgIpc) is 2.66. The Hall–Kier alpha value is -3.03. The van der Waals surface area contributed by atoms with Crippen LogP contribution in [0.4, 0.5) is 0 Å². The molecule has 0 spiro atoms. The molecule has 7 nitrogen and oxygen atoms in total. The van der Waals surface area contributed by atoms with E-state index in [0.29, 0.717) is 11.1 Å². The van der Waals surface area contributed by atoms with Crippen molar-refractivity contribution < 1.29 is 24.7 Å². The minimum Gasteiger partial charge on any atom is -0.391 e. The van der Waals surface area contributed by atoms with Crippen molar-refractivity contribution in [3.8, 4) is 0 Å². The van der Waals surface area contributed by atoms with Crippen LogP contribution >= 0.6 is 0 Å². The van der Waals surface area contributed by atoms with Crippen LogP contribution in [0, 0.1) is 0 Å². The minimum atomic E-state index is -1.54. The summed E-state index contributed by atoms with van der Waals surface area (Å²) >= 11 is 0. The van der Waals surface area contributed by atoms with Crippen LogP contribution in [0.2, 0.25) is 0 Å². The number of rotatable bonds is 7. The number of amides is 3. The fraction of sp³-hybridized carbons (Fsp3) is 0.250. The maximum absolute atomic E-state index is 12.8. The number of imide groups is 1. The second-order valence-electron chi connectivity index (χ2n) is 6.14. The van der Waals surface area contributed by atoms with Gasteiger partial charge >= 0.3 is 0 Å². The molecular formula is C20H22N2O5. The van der Waals surface area contributed by atoms with Gasteiger partial charge in [0.25, 0.3) is 5.91 Å². The largest absolute Gasteiger partial charge is 0.391 e. The van der Waals surface area contributed by atoms with Gasteiger partial charge in [0.2, 0.25) is 11.8 Å². The predicted molar refractivity (Wildman–Crippen MR) is 97.5 cm³/mol. The third-order valence-corrected chi connectivity index (χ3v) is 4.05. The smallest absolute Gasteiger partial charge is 0.269 e. The Balaban J connectivity index is 2.32. The van der Waals surface area contributed by atoms with Gasteiger partial charge < -0.3 is 5.11 Å². The highest BCUT2D eigenvalue weighted by Crippen LogP contribution is 2.13. The molecule has 0 bridgehead atoms. The van der Waals surface area contributed by atoms with Crippen molar-refractivity contribution in [3.63, 3.8) is 0 Å². The Morgan fingerprint density at radius 1 is 0.889 bits per heavy atom. The van der Waals surface area contributed by atoms with Gasteiger partial charge in [-0.05, 0) is 18.1 Å². The van der Waals surface area contributed by atoms with E-state index in [1.54, 1.807) is 60.7 Å². The molecule has 142 valence electrons. The fourth-order valence-electron chi connectivity index (χ4n) is 2.78. The zero-order chi connectivity index (χ0) is 19.8. The van der Waals surface area contributed by atoms with E-state index in [0.717, 1.165) is 4.90 Å². The van der Waals surface area contributed by atoms with Crippen molar-refractivity contribution >= 4 is 17.7 Å². The van der Waals surface area contributed by atoms with Crippen molar-refractivity contribution in [2.75, 3.05) is 0 Å². The molecule has 0 aliphatic carbocycles. The average molecular weight is 370 g/mol. The van der Waals surface area contributed by atoms with E-state index in [4.69, 9.17) is 5.21 Å². The summed E-state index contributed by atoms with van der Waals surface area (Å²) in [7, 11) is 0. The SMILES string of the molecule is C[C@@H](O)[C@@H](C(=O)NO)N(C(=O)Cc1ccccc1)C(=O)Cc1ccccc1. The van der Waals surface area contributed by atoms with Crippen LogP contribution in [-0.4, -0.2) is 45.1 Å². The number of aliphatic hydroxyl groups excluding tert-OH is 1. The molecule has 0 saturated carbocycles. The van der Waals surface area contributed by atoms with Gasteiger partial charge in [0.15, 0.2) is 0 Å². The van der Waals surface area contributed by atoms with Crippen molar-refractivity contribution in [3.05, 3.63) is 71.8 Å². The molecule has 0 unspecified atom stereocenters. The monoisotopic (exact) mass is 370 g/mol. The second-order valence-corrected chi connectivity index (χ2v) is 6.14. The van der Waals surface area contributed by atoms with Gasteiger partial charge in [-0.2, -0.15) is 0 Å². The summed E-state index contributed by atoms with van der Waals surface area (Å²) < 4.78 is 0. The Morgan fingerprint density at radius 3 is 1.63 bits per heavy atom. The number of nitrogens with zero attached hydrogens (tertiary/aromatic N) is 1. The van der Waals surface area contributed by atoms with Crippen molar-refractivity contribution in [1.82, 2.24) is 10.4 Å². The summed E-state index contributed by atoms with van der Waals surface area (Å²) in [6.07, 6.45) is -1.61. The number of carbonyl (C=O) groups is 3. The van der Waals surface area contributed by atoms with Gasteiger partial charge in [0, 0.05) is 0 Å². The lowest BCUT2D eigenvalue weighted by molar-refractivity contribution is -0.157. The third-order valence-electron chi connectivity index (χ3n) is 4.05. The van der Waals surface area contributed by atoms with Gasteiger partial charge in [-0.3, -0.25) is 24.5 Å². The first-order valence-corrected chi connectivity index (χ1v) is 8.48. The van der Waals surface area contributed by atoms with E-state index in [1.165, 1.54) is 12.4 Å². The third kappa shape index (κ3) is 5.47. The van der Waals surface area contributed by atoms with Crippen LogP contribution in [0.1, 0.15) is 18.1 Å². The molecule has 0 fully saturated rings.